The van der Waals surface area contributed by atoms with Crippen LogP contribution < -0.4 is 5.11 Å². The SMILES string of the molecule is CCCCCCCCCCCCCOC(=O)C[C@H](C[N+](C)(C)C)OC(=O)CCCCCCCCCCCC.O=C([O-])c1cccnc1. The van der Waals surface area contributed by atoms with Gasteiger partial charge in [0.2, 0.25) is 0 Å². The summed E-state index contributed by atoms with van der Waals surface area (Å²) in [6.45, 7) is 5.59. The van der Waals surface area contributed by atoms with Crippen LogP contribution in [0.3, 0.4) is 0 Å². The fraction of sp³-hybridized carbons (Fsp3) is 0.795. The number of likely N-dealkylation sites (N-methyl/N-ethyl adjacent to an activating group) is 1. The Kier molecular flexibility index (Phi) is 29.2. The van der Waals surface area contributed by atoms with Crippen molar-refractivity contribution in [3.05, 3.63) is 30.1 Å². The molecule has 0 aliphatic rings. The van der Waals surface area contributed by atoms with Crippen LogP contribution in [0.2, 0.25) is 0 Å². The predicted octanol–water partition coefficient (Wildman–Crippen LogP) is 8.60. The van der Waals surface area contributed by atoms with Crippen molar-refractivity contribution in [3.63, 3.8) is 0 Å². The van der Waals surface area contributed by atoms with Crippen LogP contribution in [0.15, 0.2) is 24.5 Å². The summed E-state index contributed by atoms with van der Waals surface area (Å²) in [7, 11) is 6.17. The number of carbonyl (C=O) groups is 3. The molecule has 0 fully saturated rings. The zero-order valence-electron chi connectivity index (χ0n) is 30.9. The molecule has 1 aromatic rings. The van der Waals surface area contributed by atoms with E-state index in [0.717, 1.165) is 25.7 Å². The molecule has 0 aliphatic carbocycles. The Hall–Kier alpha value is -2.48. The summed E-state index contributed by atoms with van der Waals surface area (Å²) >= 11 is 0. The van der Waals surface area contributed by atoms with Crippen LogP contribution in [0.5, 0.6) is 0 Å². The third-order valence-corrected chi connectivity index (χ3v) is 8.09. The van der Waals surface area contributed by atoms with Gasteiger partial charge in [-0.15, -0.1) is 0 Å². The van der Waals surface area contributed by atoms with Crippen molar-refractivity contribution < 1.29 is 33.4 Å². The highest BCUT2D eigenvalue weighted by Crippen LogP contribution is 2.14. The first-order valence-corrected chi connectivity index (χ1v) is 18.9. The van der Waals surface area contributed by atoms with Crippen molar-refractivity contribution in [2.45, 2.75) is 168 Å². The highest BCUT2D eigenvalue weighted by atomic mass is 16.6. The van der Waals surface area contributed by atoms with Gasteiger partial charge < -0.3 is 23.9 Å². The first-order chi connectivity index (χ1) is 22.6. The maximum absolute atomic E-state index is 12.4. The number of esters is 2. The number of carboxylic acid groups (broad SMARTS) is 1. The van der Waals surface area contributed by atoms with Crippen LogP contribution in [-0.2, 0) is 19.1 Å². The van der Waals surface area contributed by atoms with Gasteiger partial charge in [0.15, 0.2) is 6.10 Å². The summed E-state index contributed by atoms with van der Waals surface area (Å²) in [6, 6.07) is 2.98. The normalized spacial score (nSPS) is 11.8. The van der Waals surface area contributed by atoms with E-state index in [0.29, 0.717) is 24.1 Å². The maximum atomic E-state index is 12.4. The topological polar surface area (TPSA) is 106 Å². The highest BCUT2D eigenvalue weighted by Gasteiger charge is 2.25. The Balaban J connectivity index is 0.00000200. The lowest BCUT2D eigenvalue weighted by atomic mass is 10.1. The number of ether oxygens (including phenoxy) is 2. The molecule has 0 aromatic carbocycles. The van der Waals surface area contributed by atoms with Crippen molar-refractivity contribution in [3.8, 4) is 0 Å². The lowest BCUT2D eigenvalue weighted by Crippen LogP contribution is -2.44. The van der Waals surface area contributed by atoms with Gasteiger partial charge in [-0.2, -0.15) is 0 Å². The van der Waals surface area contributed by atoms with Crippen molar-refractivity contribution in [2.24, 2.45) is 0 Å². The number of carbonyl (C=O) groups excluding carboxylic acids is 3. The molecule has 1 heterocycles. The van der Waals surface area contributed by atoms with E-state index in [2.05, 4.69) is 40.0 Å². The van der Waals surface area contributed by atoms with E-state index in [-0.39, 0.29) is 23.9 Å². The van der Waals surface area contributed by atoms with Gasteiger partial charge >= 0.3 is 11.9 Å². The second-order valence-electron chi connectivity index (χ2n) is 14.0. The summed E-state index contributed by atoms with van der Waals surface area (Å²) in [5.41, 5.74) is 0.109. The number of carboxylic acids is 1. The first-order valence-electron chi connectivity index (χ1n) is 18.9. The molecule has 0 saturated heterocycles. The largest absolute Gasteiger partial charge is 0.545 e. The fourth-order valence-electron chi connectivity index (χ4n) is 5.44. The number of unbranched alkanes of at least 4 members (excludes halogenated alkanes) is 19. The molecule has 0 spiro atoms. The first kappa shape index (κ1) is 44.5. The van der Waals surface area contributed by atoms with Crippen LogP contribution >= 0.6 is 0 Å². The van der Waals surface area contributed by atoms with Gasteiger partial charge in [0.05, 0.1) is 40.1 Å². The van der Waals surface area contributed by atoms with E-state index >= 15 is 0 Å². The minimum atomic E-state index is -1.19. The lowest BCUT2D eigenvalue weighted by molar-refractivity contribution is -0.873. The van der Waals surface area contributed by atoms with Crippen LogP contribution in [-0.4, -0.2) is 67.8 Å². The molecule has 8 nitrogen and oxygen atoms in total. The minimum Gasteiger partial charge on any atom is -0.545 e. The maximum Gasteiger partial charge on any atom is 0.309 e. The van der Waals surface area contributed by atoms with Crippen LogP contribution in [0.25, 0.3) is 0 Å². The second kappa shape index (κ2) is 30.8. The molecule has 1 atom stereocenters. The molecule has 47 heavy (non-hydrogen) atoms. The number of quaternary nitrogens is 1. The molecule has 0 saturated carbocycles. The van der Waals surface area contributed by atoms with E-state index in [9.17, 15) is 19.5 Å². The average molecular weight is 663 g/mol. The number of aromatic nitrogens is 1. The molecule has 0 N–H and O–H groups in total. The number of rotatable bonds is 29. The van der Waals surface area contributed by atoms with Gasteiger partial charge in [-0.3, -0.25) is 14.6 Å². The number of hydrogen-bond donors (Lipinski definition) is 0. The summed E-state index contributed by atoms with van der Waals surface area (Å²) in [5, 5.41) is 10.0. The summed E-state index contributed by atoms with van der Waals surface area (Å²) in [5.74, 6) is -1.62. The van der Waals surface area contributed by atoms with Gasteiger partial charge in [0.25, 0.3) is 0 Å². The van der Waals surface area contributed by atoms with Gasteiger partial charge in [-0.25, -0.2) is 0 Å². The molecule has 0 amide bonds. The average Bonchev–Trinajstić information content (AvgIpc) is 3.02. The van der Waals surface area contributed by atoms with E-state index in [1.165, 1.54) is 128 Å². The van der Waals surface area contributed by atoms with E-state index in [4.69, 9.17) is 9.47 Å². The quantitative estimate of drug-likeness (QED) is 0.0480. The zero-order chi connectivity index (χ0) is 35.0. The summed E-state index contributed by atoms with van der Waals surface area (Å²) < 4.78 is 11.9. The van der Waals surface area contributed by atoms with Crippen molar-refractivity contribution >= 4 is 17.9 Å². The number of aromatic carboxylic acids is 1. The molecule has 0 bridgehead atoms. The van der Waals surface area contributed by atoms with Crippen LogP contribution in [0.1, 0.15) is 172 Å². The molecule has 0 radical (unpaired) electrons. The fourth-order valence-corrected chi connectivity index (χ4v) is 5.44. The van der Waals surface area contributed by atoms with Gasteiger partial charge in [-0.05, 0) is 18.9 Å². The third kappa shape index (κ3) is 31.9. The van der Waals surface area contributed by atoms with Gasteiger partial charge in [0.1, 0.15) is 6.54 Å². The predicted molar refractivity (Wildman–Crippen MR) is 190 cm³/mol. The molecule has 8 heteroatoms. The smallest absolute Gasteiger partial charge is 0.309 e. The summed E-state index contributed by atoms with van der Waals surface area (Å²) in [4.78, 5) is 38.5. The van der Waals surface area contributed by atoms with Crippen molar-refractivity contribution in [1.82, 2.24) is 4.98 Å². The van der Waals surface area contributed by atoms with Gasteiger partial charge in [-0.1, -0.05) is 142 Å². The Morgan fingerprint density at radius 2 is 1.17 bits per heavy atom. The molecule has 1 rings (SSSR count). The minimum absolute atomic E-state index is 0.109. The monoisotopic (exact) mass is 663 g/mol. The molecule has 272 valence electrons. The lowest BCUT2D eigenvalue weighted by Gasteiger charge is -2.28. The molecular formula is C39H70N2O6. The van der Waals surface area contributed by atoms with E-state index < -0.39 is 12.1 Å². The highest BCUT2D eigenvalue weighted by molar-refractivity contribution is 5.85. The standard InChI is InChI=1S/C33H66NO4.C6H5NO2/c1-6-8-10-12-14-16-18-20-22-24-26-28-37-33(36)29-31(30-34(3,4)5)38-32(35)27-25-23-21-19-17-15-13-11-9-7-2;8-6(9)5-2-1-3-7-4-5/h31H,6-30H2,1-5H3;1-4H,(H,8,9)/q+1;/p-1/t31-;/m1./s1. The zero-order valence-corrected chi connectivity index (χ0v) is 30.9. The van der Waals surface area contributed by atoms with E-state index in [1.807, 2.05) is 0 Å². The van der Waals surface area contributed by atoms with Gasteiger partial charge in [0, 0.05) is 24.4 Å². The molecule has 0 unspecified atom stereocenters. The molecular weight excluding hydrogens is 592 g/mol. The Morgan fingerprint density at radius 1 is 0.702 bits per heavy atom. The summed E-state index contributed by atoms with van der Waals surface area (Å²) in [6.07, 6.45) is 29.4. The van der Waals surface area contributed by atoms with Crippen LogP contribution in [0.4, 0.5) is 0 Å². The Labute approximate surface area is 288 Å². The number of pyridine rings is 1. The van der Waals surface area contributed by atoms with Crippen molar-refractivity contribution in [1.29, 1.82) is 0 Å². The van der Waals surface area contributed by atoms with Crippen molar-refractivity contribution in [2.75, 3.05) is 34.3 Å². The molecule has 1 aromatic heterocycles. The number of hydrogen-bond acceptors (Lipinski definition) is 7. The number of nitrogens with zero attached hydrogens (tertiary/aromatic N) is 2. The second-order valence-corrected chi connectivity index (χ2v) is 14.0. The third-order valence-electron chi connectivity index (χ3n) is 8.09. The van der Waals surface area contributed by atoms with E-state index in [1.54, 1.807) is 6.07 Å². The van der Waals surface area contributed by atoms with Crippen LogP contribution in [0, 0.1) is 0 Å². The Bertz CT molecular complexity index is 887. The molecule has 0 aliphatic heterocycles. The Morgan fingerprint density at radius 3 is 1.57 bits per heavy atom.